The van der Waals surface area contributed by atoms with E-state index in [9.17, 15) is 9.59 Å². The highest BCUT2D eigenvalue weighted by molar-refractivity contribution is 5.94. The van der Waals surface area contributed by atoms with Crippen molar-refractivity contribution in [2.24, 2.45) is 0 Å². The lowest BCUT2D eigenvalue weighted by Crippen LogP contribution is -2.26. The molecule has 136 valence electrons. The van der Waals surface area contributed by atoms with Crippen molar-refractivity contribution in [1.29, 1.82) is 0 Å². The Morgan fingerprint density at radius 3 is 2.77 bits per heavy atom. The van der Waals surface area contributed by atoms with Crippen LogP contribution in [0, 0.1) is 0 Å². The number of nitrogens with zero attached hydrogens (tertiary/aromatic N) is 2. The smallest absolute Gasteiger partial charge is 0.354 e. The molecule has 0 atom stereocenters. The van der Waals surface area contributed by atoms with Crippen LogP contribution >= 0.6 is 0 Å². The molecule has 0 unspecified atom stereocenters. The molecule has 2 aromatic heterocycles. The van der Waals surface area contributed by atoms with Gasteiger partial charge in [-0.25, -0.2) is 14.8 Å². The number of hydrogen-bond acceptors (Lipinski definition) is 6. The number of ether oxygens (including phenoxy) is 2. The largest absolute Gasteiger partial charge is 0.477 e. The van der Waals surface area contributed by atoms with Gasteiger partial charge in [0, 0.05) is 31.6 Å². The van der Waals surface area contributed by atoms with E-state index in [1.165, 1.54) is 18.2 Å². The van der Waals surface area contributed by atoms with Gasteiger partial charge in [0.05, 0.1) is 13.2 Å². The SMILES string of the molecule is O=C(O)c1cccc(C(=O)NCc2ccnc(OC3CCOCC3)c2)n1. The third kappa shape index (κ3) is 4.76. The van der Waals surface area contributed by atoms with Crippen LogP contribution in [0.5, 0.6) is 5.88 Å². The second-order valence-corrected chi connectivity index (χ2v) is 5.83. The van der Waals surface area contributed by atoms with E-state index in [1.807, 2.05) is 0 Å². The zero-order valence-corrected chi connectivity index (χ0v) is 14.1. The molecule has 1 fully saturated rings. The fourth-order valence-electron chi connectivity index (χ4n) is 2.54. The van der Waals surface area contributed by atoms with Crippen molar-refractivity contribution < 1.29 is 24.2 Å². The minimum Gasteiger partial charge on any atom is -0.477 e. The molecule has 26 heavy (non-hydrogen) atoms. The van der Waals surface area contributed by atoms with Crippen LogP contribution < -0.4 is 10.1 Å². The van der Waals surface area contributed by atoms with Crippen molar-refractivity contribution >= 4 is 11.9 Å². The van der Waals surface area contributed by atoms with Crippen molar-refractivity contribution in [1.82, 2.24) is 15.3 Å². The summed E-state index contributed by atoms with van der Waals surface area (Å²) in [7, 11) is 0. The first-order valence-corrected chi connectivity index (χ1v) is 8.30. The van der Waals surface area contributed by atoms with Crippen molar-refractivity contribution in [3.8, 4) is 5.88 Å². The first kappa shape index (κ1) is 17.8. The van der Waals surface area contributed by atoms with Crippen LogP contribution in [0.25, 0.3) is 0 Å². The molecule has 8 heteroatoms. The Morgan fingerprint density at radius 1 is 1.23 bits per heavy atom. The molecule has 0 bridgehead atoms. The molecule has 1 aliphatic rings. The van der Waals surface area contributed by atoms with Crippen molar-refractivity contribution in [2.45, 2.75) is 25.5 Å². The van der Waals surface area contributed by atoms with E-state index in [-0.39, 0.29) is 24.0 Å². The molecule has 0 aromatic carbocycles. The molecule has 0 spiro atoms. The van der Waals surface area contributed by atoms with Crippen LogP contribution in [-0.2, 0) is 11.3 Å². The molecule has 3 heterocycles. The third-order valence-corrected chi connectivity index (χ3v) is 3.91. The third-order valence-electron chi connectivity index (χ3n) is 3.91. The Balaban J connectivity index is 1.58. The average Bonchev–Trinajstić information content (AvgIpc) is 2.67. The molecule has 1 amide bonds. The van der Waals surface area contributed by atoms with E-state index in [4.69, 9.17) is 14.6 Å². The minimum absolute atomic E-state index is 0.0534. The number of carboxylic acids is 1. The topological polar surface area (TPSA) is 111 Å². The summed E-state index contributed by atoms with van der Waals surface area (Å²) in [5, 5.41) is 11.7. The Bertz CT molecular complexity index is 790. The maximum Gasteiger partial charge on any atom is 0.354 e. The Kier molecular flexibility index (Phi) is 5.75. The summed E-state index contributed by atoms with van der Waals surface area (Å²) < 4.78 is 11.1. The summed E-state index contributed by atoms with van der Waals surface area (Å²) in [6.07, 6.45) is 3.37. The van der Waals surface area contributed by atoms with Crippen LogP contribution in [0.2, 0.25) is 0 Å². The number of aromatic carboxylic acids is 1. The van der Waals surface area contributed by atoms with Gasteiger partial charge in [0.15, 0.2) is 0 Å². The fraction of sp³-hybridized carbons (Fsp3) is 0.333. The quantitative estimate of drug-likeness (QED) is 0.809. The highest BCUT2D eigenvalue weighted by Crippen LogP contribution is 2.16. The van der Waals surface area contributed by atoms with Crippen molar-refractivity contribution in [3.05, 3.63) is 53.5 Å². The fourth-order valence-corrected chi connectivity index (χ4v) is 2.54. The second kappa shape index (κ2) is 8.39. The van der Waals surface area contributed by atoms with Crippen LogP contribution in [0.3, 0.4) is 0 Å². The maximum atomic E-state index is 12.2. The van der Waals surface area contributed by atoms with Gasteiger partial charge in [0.1, 0.15) is 17.5 Å². The Morgan fingerprint density at radius 2 is 2.00 bits per heavy atom. The number of carbonyl (C=O) groups is 2. The molecule has 1 saturated heterocycles. The number of pyridine rings is 2. The van der Waals surface area contributed by atoms with Gasteiger partial charge >= 0.3 is 5.97 Å². The van der Waals surface area contributed by atoms with Gasteiger partial charge in [-0.1, -0.05) is 6.07 Å². The molecular formula is C18H19N3O5. The normalized spacial score (nSPS) is 14.6. The molecule has 2 aromatic rings. The first-order valence-electron chi connectivity index (χ1n) is 8.30. The highest BCUT2D eigenvalue weighted by atomic mass is 16.5. The molecular weight excluding hydrogens is 338 g/mol. The van der Waals surface area contributed by atoms with Gasteiger partial charge in [-0.3, -0.25) is 4.79 Å². The molecule has 1 aliphatic heterocycles. The zero-order chi connectivity index (χ0) is 18.4. The number of carboxylic acid groups (broad SMARTS) is 1. The van der Waals surface area contributed by atoms with E-state index < -0.39 is 11.9 Å². The summed E-state index contributed by atoms with van der Waals surface area (Å²) in [5.41, 5.74) is 0.705. The summed E-state index contributed by atoms with van der Waals surface area (Å²) in [6.45, 7) is 1.62. The number of carbonyl (C=O) groups excluding carboxylic acids is 1. The first-order chi connectivity index (χ1) is 12.6. The minimum atomic E-state index is -1.18. The van der Waals surface area contributed by atoms with E-state index in [0.717, 1.165) is 18.4 Å². The predicted octanol–water partition coefficient (Wildman–Crippen LogP) is 1.66. The van der Waals surface area contributed by atoms with Crippen LogP contribution in [0.1, 0.15) is 39.4 Å². The monoisotopic (exact) mass is 357 g/mol. The van der Waals surface area contributed by atoms with E-state index in [0.29, 0.717) is 19.1 Å². The molecule has 0 aliphatic carbocycles. The number of rotatable bonds is 6. The van der Waals surface area contributed by atoms with Gasteiger partial charge in [-0.15, -0.1) is 0 Å². The molecule has 0 saturated carbocycles. The summed E-state index contributed by atoms with van der Waals surface area (Å²) >= 11 is 0. The van der Waals surface area contributed by atoms with Crippen molar-refractivity contribution in [3.63, 3.8) is 0 Å². The summed E-state index contributed by atoms with van der Waals surface area (Å²) in [4.78, 5) is 31.1. The lowest BCUT2D eigenvalue weighted by molar-refractivity contribution is 0.0237. The Labute approximate surface area is 150 Å². The molecule has 2 N–H and O–H groups in total. The number of nitrogens with one attached hydrogen (secondary N) is 1. The predicted molar refractivity (Wildman–Crippen MR) is 91.1 cm³/mol. The average molecular weight is 357 g/mol. The lowest BCUT2D eigenvalue weighted by atomic mass is 10.1. The van der Waals surface area contributed by atoms with Crippen LogP contribution in [0.15, 0.2) is 36.5 Å². The van der Waals surface area contributed by atoms with Crippen molar-refractivity contribution in [2.75, 3.05) is 13.2 Å². The lowest BCUT2D eigenvalue weighted by Gasteiger charge is -2.22. The number of amides is 1. The van der Waals surface area contributed by atoms with E-state index >= 15 is 0 Å². The maximum absolute atomic E-state index is 12.2. The van der Waals surface area contributed by atoms with Crippen LogP contribution in [0.4, 0.5) is 0 Å². The molecule has 8 nitrogen and oxygen atoms in total. The second-order valence-electron chi connectivity index (χ2n) is 5.83. The van der Waals surface area contributed by atoms with Crippen LogP contribution in [-0.4, -0.2) is 46.3 Å². The van der Waals surface area contributed by atoms with Gasteiger partial charge in [-0.2, -0.15) is 0 Å². The number of aromatic nitrogens is 2. The van der Waals surface area contributed by atoms with Gasteiger partial charge in [0.2, 0.25) is 5.88 Å². The zero-order valence-electron chi connectivity index (χ0n) is 14.1. The molecule has 3 rings (SSSR count). The van der Waals surface area contributed by atoms with Gasteiger partial charge < -0.3 is 19.9 Å². The summed E-state index contributed by atoms with van der Waals surface area (Å²) in [5.74, 6) is -1.12. The van der Waals surface area contributed by atoms with Gasteiger partial charge in [0.25, 0.3) is 5.91 Å². The molecule has 0 radical (unpaired) electrons. The number of hydrogen-bond donors (Lipinski definition) is 2. The van der Waals surface area contributed by atoms with E-state index in [1.54, 1.807) is 18.3 Å². The standard InChI is InChI=1S/C18H19N3O5/c22-17(14-2-1-3-15(21-14)18(23)24)20-11-12-4-7-19-16(10-12)26-13-5-8-25-9-6-13/h1-4,7,10,13H,5-6,8-9,11H2,(H,20,22)(H,23,24). The highest BCUT2D eigenvalue weighted by Gasteiger charge is 2.16. The Hall–Kier alpha value is -3.00. The summed E-state index contributed by atoms with van der Waals surface area (Å²) in [6, 6.07) is 7.84. The van der Waals surface area contributed by atoms with Gasteiger partial charge in [-0.05, 0) is 23.8 Å². The van der Waals surface area contributed by atoms with E-state index in [2.05, 4.69) is 15.3 Å².